The highest BCUT2D eigenvalue weighted by molar-refractivity contribution is 7.98. The zero-order valence-corrected chi connectivity index (χ0v) is 17.5. The van der Waals surface area contributed by atoms with Gasteiger partial charge in [0.2, 0.25) is 0 Å². The third-order valence-corrected chi connectivity index (χ3v) is 5.74. The zero-order valence-electron chi connectivity index (χ0n) is 16.7. The lowest BCUT2D eigenvalue weighted by molar-refractivity contribution is 0.483. The molecule has 0 bridgehead atoms. The summed E-state index contributed by atoms with van der Waals surface area (Å²) >= 11 is 1.88. The zero-order chi connectivity index (χ0) is 19.2. The van der Waals surface area contributed by atoms with Crippen LogP contribution in [0.3, 0.4) is 0 Å². The molecule has 3 rings (SSSR count). The Bertz CT molecular complexity index is 765. The number of rotatable bonds is 7. The van der Waals surface area contributed by atoms with Gasteiger partial charge >= 0.3 is 0 Å². The normalized spacial score (nSPS) is 17.7. The Morgan fingerprint density at radius 3 is 2.89 bits per heavy atom. The lowest BCUT2D eigenvalue weighted by atomic mass is 10.0. The maximum absolute atomic E-state index is 4.86. The van der Waals surface area contributed by atoms with Gasteiger partial charge in [0.25, 0.3) is 0 Å². The van der Waals surface area contributed by atoms with E-state index in [1.54, 1.807) is 0 Å². The van der Waals surface area contributed by atoms with E-state index in [4.69, 9.17) is 4.99 Å². The number of aromatic nitrogens is 5. The van der Waals surface area contributed by atoms with Crippen LogP contribution in [0.1, 0.15) is 36.0 Å². The lowest BCUT2D eigenvalue weighted by Crippen LogP contribution is -2.40. The second kappa shape index (κ2) is 9.25. The van der Waals surface area contributed by atoms with Crippen molar-refractivity contribution in [2.75, 3.05) is 31.6 Å². The first-order valence-corrected chi connectivity index (χ1v) is 10.8. The summed E-state index contributed by atoms with van der Waals surface area (Å²) in [5.74, 6) is 4.43. The number of guanidine groups is 1. The number of aliphatic imine (C=N–C) groups is 1. The Kier molecular flexibility index (Phi) is 6.76. The highest BCUT2D eigenvalue weighted by atomic mass is 32.2. The number of thioether (sulfide) groups is 1. The number of nitrogens with one attached hydrogen (secondary N) is 1. The first-order chi connectivity index (χ1) is 13.1. The van der Waals surface area contributed by atoms with Gasteiger partial charge in [0, 0.05) is 45.8 Å². The molecule has 1 N–H and O–H groups in total. The molecule has 1 aliphatic rings. The number of nitrogens with zero attached hydrogens (tertiary/aromatic N) is 7. The average Bonchev–Trinajstić information content (AvgIpc) is 3.37. The van der Waals surface area contributed by atoms with E-state index in [0.29, 0.717) is 12.5 Å². The second-order valence-corrected chi connectivity index (χ2v) is 8.00. The van der Waals surface area contributed by atoms with Gasteiger partial charge < -0.3 is 14.8 Å². The quantitative estimate of drug-likeness (QED) is 0.439. The van der Waals surface area contributed by atoms with Gasteiger partial charge in [-0.3, -0.25) is 4.68 Å². The Morgan fingerprint density at radius 1 is 1.37 bits per heavy atom. The Labute approximate surface area is 165 Å². The third-order valence-electron chi connectivity index (χ3n) is 5.05. The van der Waals surface area contributed by atoms with Gasteiger partial charge in [-0.1, -0.05) is 0 Å². The van der Waals surface area contributed by atoms with E-state index < -0.39 is 0 Å². The SMILES string of the molecule is CSCCCNC(=NCc1nnc(C)n1C)N1CCC(c2cnn(C)c2)C1. The summed E-state index contributed by atoms with van der Waals surface area (Å²) < 4.78 is 3.88. The smallest absolute Gasteiger partial charge is 0.194 e. The summed E-state index contributed by atoms with van der Waals surface area (Å²) in [6, 6.07) is 0. The predicted molar refractivity (Wildman–Crippen MR) is 110 cm³/mol. The van der Waals surface area contributed by atoms with Crippen LogP contribution in [0.2, 0.25) is 0 Å². The molecule has 1 atom stereocenters. The minimum atomic E-state index is 0.508. The van der Waals surface area contributed by atoms with Crippen molar-refractivity contribution in [1.29, 1.82) is 0 Å². The van der Waals surface area contributed by atoms with E-state index in [9.17, 15) is 0 Å². The first-order valence-electron chi connectivity index (χ1n) is 9.44. The standard InChI is InChI=1S/C18H30N8S/c1-14-22-23-17(25(14)3)11-20-18(19-7-5-9-27-4)26-8-6-15(13-26)16-10-21-24(2)12-16/h10,12,15H,5-9,11,13H2,1-4H3,(H,19,20). The number of hydrogen-bond acceptors (Lipinski definition) is 5. The fourth-order valence-electron chi connectivity index (χ4n) is 3.29. The molecule has 1 saturated heterocycles. The maximum Gasteiger partial charge on any atom is 0.194 e. The van der Waals surface area contributed by atoms with E-state index in [1.165, 1.54) is 5.56 Å². The molecule has 0 spiro atoms. The van der Waals surface area contributed by atoms with Crippen molar-refractivity contribution in [1.82, 2.24) is 34.8 Å². The molecule has 0 amide bonds. The van der Waals surface area contributed by atoms with Gasteiger partial charge in [-0.05, 0) is 37.3 Å². The van der Waals surface area contributed by atoms with Gasteiger partial charge in [0.1, 0.15) is 12.4 Å². The van der Waals surface area contributed by atoms with Gasteiger partial charge in [0.15, 0.2) is 11.8 Å². The molecular weight excluding hydrogens is 360 g/mol. The summed E-state index contributed by atoms with van der Waals surface area (Å²) in [6.45, 7) is 5.41. The second-order valence-electron chi connectivity index (χ2n) is 7.01. The number of aryl methyl sites for hydroxylation is 2. The molecule has 0 radical (unpaired) electrons. The van der Waals surface area contributed by atoms with Crippen LogP contribution in [0.5, 0.6) is 0 Å². The summed E-state index contributed by atoms with van der Waals surface area (Å²) in [7, 11) is 3.96. The molecule has 2 aromatic rings. The van der Waals surface area contributed by atoms with Crippen LogP contribution in [0.4, 0.5) is 0 Å². The Balaban J connectivity index is 1.67. The number of likely N-dealkylation sites (tertiary alicyclic amines) is 1. The molecule has 148 valence electrons. The van der Waals surface area contributed by atoms with Crippen molar-refractivity contribution in [2.24, 2.45) is 19.1 Å². The predicted octanol–water partition coefficient (Wildman–Crippen LogP) is 1.55. The molecule has 0 aromatic carbocycles. The topological polar surface area (TPSA) is 76.2 Å². The summed E-state index contributed by atoms with van der Waals surface area (Å²) in [5.41, 5.74) is 1.31. The number of hydrogen-bond donors (Lipinski definition) is 1. The fourth-order valence-corrected chi connectivity index (χ4v) is 3.73. The Morgan fingerprint density at radius 2 is 2.22 bits per heavy atom. The largest absolute Gasteiger partial charge is 0.356 e. The van der Waals surface area contributed by atoms with Crippen molar-refractivity contribution in [3.05, 3.63) is 29.6 Å². The lowest BCUT2D eigenvalue weighted by Gasteiger charge is -2.22. The molecule has 0 aliphatic carbocycles. The maximum atomic E-state index is 4.86. The molecule has 9 heteroatoms. The van der Waals surface area contributed by atoms with Crippen LogP contribution >= 0.6 is 11.8 Å². The van der Waals surface area contributed by atoms with Gasteiger partial charge in [-0.25, -0.2) is 4.99 Å². The summed E-state index contributed by atoms with van der Waals surface area (Å²) in [5, 5.41) is 16.2. The summed E-state index contributed by atoms with van der Waals surface area (Å²) in [4.78, 5) is 7.22. The van der Waals surface area contributed by atoms with Crippen molar-refractivity contribution in [3.63, 3.8) is 0 Å². The van der Waals surface area contributed by atoms with Crippen molar-refractivity contribution in [3.8, 4) is 0 Å². The van der Waals surface area contributed by atoms with Crippen LogP contribution in [0.25, 0.3) is 0 Å². The van der Waals surface area contributed by atoms with E-state index in [0.717, 1.165) is 55.8 Å². The minimum Gasteiger partial charge on any atom is -0.356 e. The van der Waals surface area contributed by atoms with Crippen molar-refractivity contribution in [2.45, 2.75) is 32.2 Å². The van der Waals surface area contributed by atoms with Crippen LogP contribution in [0, 0.1) is 6.92 Å². The van der Waals surface area contributed by atoms with Crippen LogP contribution < -0.4 is 5.32 Å². The molecule has 3 heterocycles. The highest BCUT2D eigenvalue weighted by Crippen LogP contribution is 2.26. The highest BCUT2D eigenvalue weighted by Gasteiger charge is 2.27. The fraction of sp³-hybridized carbons (Fsp3) is 0.667. The summed E-state index contributed by atoms with van der Waals surface area (Å²) in [6.07, 6.45) is 8.51. The van der Waals surface area contributed by atoms with Crippen LogP contribution in [-0.2, 0) is 20.6 Å². The van der Waals surface area contributed by atoms with E-state index >= 15 is 0 Å². The third kappa shape index (κ3) is 5.03. The molecule has 8 nitrogen and oxygen atoms in total. The average molecular weight is 391 g/mol. The molecule has 1 aliphatic heterocycles. The van der Waals surface area contributed by atoms with E-state index in [-0.39, 0.29) is 0 Å². The van der Waals surface area contributed by atoms with E-state index in [1.807, 2.05) is 48.2 Å². The van der Waals surface area contributed by atoms with Crippen molar-refractivity contribution < 1.29 is 0 Å². The van der Waals surface area contributed by atoms with Gasteiger partial charge in [-0.2, -0.15) is 16.9 Å². The Hall–Kier alpha value is -2.03. The molecule has 27 heavy (non-hydrogen) atoms. The van der Waals surface area contributed by atoms with Gasteiger partial charge in [-0.15, -0.1) is 10.2 Å². The van der Waals surface area contributed by atoms with Crippen LogP contribution in [0.15, 0.2) is 17.4 Å². The molecule has 2 aromatic heterocycles. The van der Waals surface area contributed by atoms with E-state index in [2.05, 4.69) is 38.0 Å². The monoisotopic (exact) mass is 390 g/mol. The van der Waals surface area contributed by atoms with Crippen LogP contribution in [-0.4, -0.2) is 67.0 Å². The molecular formula is C18H30N8S. The van der Waals surface area contributed by atoms with Gasteiger partial charge in [0.05, 0.1) is 6.20 Å². The minimum absolute atomic E-state index is 0.508. The first kappa shape index (κ1) is 19.7. The van der Waals surface area contributed by atoms with Crippen molar-refractivity contribution >= 4 is 17.7 Å². The molecule has 1 fully saturated rings. The molecule has 0 saturated carbocycles. The molecule has 1 unspecified atom stereocenters.